The second kappa shape index (κ2) is 56.5. The van der Waals surface area contributed by atoms with Gasteiger partial charge in [0.2, 0.25) is 41.4 Å². The Hall–Kier alpha value is -5.09. The fourth-order valence-corrected chi connectivity index (χ4v) is 12.8. The molecule has 2 saturated heterocycles. The summed E-state index contributed by atoms with van der Waals surface area (Å²) in [5.74, 6) is 0.0815. The predicted molar refractivity (Wildman–Crippen MR) is 375 cm³/mol. The van der Waals surface area contributed by atoms with E-state index in [1.807, 2.05) is 23.9 Å². The average molecular weight is 1440 g/mol. The summed E-state index contributed by atoms with van der Waals surface area (Å²) >= 11 is 2.92. The van der Waals surface area contributed by atoms with Gasteiger partial charge in [-0.05, 0) is 108 Å². The van der Waals surface area contributed by atoms with Crippen LogP contribution in [0.25, 0.3) is 0 Å². The van der Waals surface area contributed by atoms with Gasteiger partial charge >= 0.3 is 6.09 Å². The zero-order valence-corrected chi connectivity index (χ0v) is 61.7. The van der Waals surface area contributed by atoms with E-state index in [1.165, 1.54) is 38.2 Å². The molecule has 3 rings (SSSR count). The van der Waals surface area contributed by atoms with Crippen LogP contribution in [0, 0.1) is 0 Å². The summed E-state index contributed by atoms with van der Waals surface area (Å²) < 4.78 is 65.5. The molecule has 99 heavy (non-hydrogen) atoms. The molecule has 0 radical (unpaired) electrons. The van der Waals surface area contributed by atoms with Gasteiger partial charge in [0.1, 0.15) is 24.1 Å². The summed E-state index contributed by atoms with van der Waals surface area (Å²) in [7, 11) is 12.0. The number of rotatable bonds is 64. The lowest BCUT2D eigenvalue weighted by molar-refractivity contribution is -0.140. The number of carbonyl (C=O) groups is 9. The minimum absolute atomic E-state index is 0.00636. The van der Waals surface area contributed by atoms with Crippen LogP contribution in [0.4, 0.5) is 4.79 Å². The molecule has 8 amide bonds. The van der Waals surface area contributed by atoms with E-state index in [1.54, 1.807) is 59.8 Å². The quantitative estimate of drug-likeness (QED) is 0.0472. The summed E-state index contributed by atoms with van der Waals surface area (Å²) in [6, 6.07) is 6.80. The number of hydrogen-bond donors (Lipinski definition) is 2. The Morgan fingerprint density at radius 3 is 1.44 bits per heavy atom. The molecule has 28 nitrogen and oxygen atoms in total. The number of carbonyl (C=O) groups excluding carboxylic acids is 9. The Kier molecular flexibility index (Phi) is 50.3. The summed E-state index contributed by atoms with van der Waals surface area (Å²) in [4.78, 5) is 124. The molecule has 0 aliphatic carbocycles. The highest BCUT2D eigenvalue weighted by molar-refractivity contribution is 8.00. The largest absolute Gasteiger partial charge is 0.460 e. The van der Waals surface area contributed by atoms with Crippen LogP contribution < -0.4 is 15.4 Å². The van der Waals surface area contributed by atoms with Crippen LogP contribution in [0.2, 0.25) is 0 Å². The molecule has 2 aliphatic heterocycles. The fourth-order valence-electron chi connectivity index (χ4n) is 10.4. The minimum atomic E-state index is -0.616. The molecule has 5 unspecified atom stereocenters. The number of unbranched alkanes of at least 4 members (excludes halogenated alkanes) is 6. The van der Waals surface area contributed by atoms with Crippen LogP contribution in [0.3, 0.4) is 0 Å². The molecule has 0 aromatic heterocycles. The second-order valence-corrected chi connectivity index (χ2v) is 27.0. The van der Waals surface area contributed by atoms with Crippen molar-refractivity contribution in [3.63, 3.8) is 0 Å². The SMILES string of the molecule is COCCOCC(COCCCNC(=O)CCN1C(=O)CC(SCCCCCCN(CCCCCCSC2CC(=O)N(CCC(=O)NCCCOCC(COCCOC)OCCOC)C2=O)C(=O)CCCC(OC=O)c2ccc(OC(=O)N(C)CCCN(C)C)cc2)C1=O)OCCOC. The molecule has 2 aliphatic rings. The van der Waals surface area contributed by atoms with Crippen molar-refractivity contribution in [2.75, 3.05) is 206 Å². The van der Waals surface area contributed by atoms with Crippen molar-refractivity contribution in [3.8, 4) is 5.75 Å². The van der Waals surface area contributed by atoms with Crippen LogP contribution in [0.1, 0.15) is 127 Å². The molecule has 566 valence electrons. The van der Waals surface area contributed by atoms with Crippen LogP contribution in [-0.2, 0) is 90.5 Å². The van der Waals surface area contributed by atoms with Crippen molar-refractivity contribution >= 4 is 77.4 Å². The smallest absolute Gasteiger partial charge is 0.414 e. The van der Waals surface area contributed by atoms with Crippen molar-refractivity contribution in [1.29, 1.82) is 0 Å². The number of thioether (sulfide) groups is 2. The molecule has 2 fully saturated rings. The molecule has 1 aromatic carbocycles. The average Bonchev–Trinajstić information content (AvgIpc) is 1.76. The maximum absolute atomic E-state index is 14.0. The van der Waals surface area contributed by atoms with E-state index in [2.05, 4.69) is 10.6 Å². The van der Waals surface area contributed by atoms with Crippen LogP contribution in [0.15, 0.2) is 24.3 Å². The van der Waals surface area contributed by atoms with Gasteiger partial charge in [-0.15, -0.1) is 23.5 Å². The van der Waals surface area contributed by atoms with Gasteiger partial charge in [-0.2, -0.15) is 0 Å². The van der Waals surface area contributed by atoms with Gasteiger partial charge in [0, 0.05) is 127 Å². The molecular formula is C69H117N7O21S2. The van der Waals surface area contributed by atoms with Crippen molar-refractivity contribution in [1.82, 2.24) is 35.1 Å². The number of nitrogens with zero attached hydrogens (tertiary/aromatic N) is 5. The number of hydrogen-bond acceptors (Lipinski definition) is 24. The van der Waals surface area contributed by atoms with E-state index in [0.29, 0.717) is 180 Å². The maximum Gasteiger partial charge on any atom is 0.414 e. The summed E-state index contributed by atoms with van der Waals surface area (Å²) in [5.41, 5.74) is 0.702. The zero-order chi connectivity index (χ0) is 72.1. The number of benzene rings is 1. The lowest BCUT2D eigenvalue weighted by atomic mass is 10.0. The highest BCUT2D eigenvalue weighted by atomic mass is 32.2. The third kappa shape index (κ3) is 40.4. The van der Waals surface area contributed by atoms with Gasteiger partial charge < -0.3 is 82.2 Å². The highest BCUT2D eigenvalue weighted by Gasteiger charge is 2.40. The summed E-state index contributed by atoms with van der Waals surface area (Å²) in [6.07, 6.45) is 8.13. The number of nitrogens with one attached hydrogen (secondary N) is 2. The van der Waals surface area contributed by atoms with E-state index >= 15 is 0 Å². The summed E-state index contributed by atoms with van der Waals surface area (Å²) in [6.45, 7) is 9.30. The predicted octanol–water partition coefficient (Wildman–Crippen LogP) is 5.34. The first-order valence-corrected chi connectivity index (χ1v) is 37.1. The fraction of sp³-hybridized carbons (Fsp3) is 0.783. The first kappa shape index (κ1) is 88.1. The number of methoxy groups -OCH3 is 4. The second-order valence-electron chi connectivity index (χ2n) is 24.4. The third-order valence-corrected chi connectivity index (χ3v) is 18.6. The Morgan fingerprint density at radius 2 is 0.990 bits per heavy atom. The normalized spacial score (nSPS) is 15.6. The number of amides is 8. The molecule has 0 spiro atoms. The van der Waals surface area contributed by atoms with Crippen molar-refractivity contribution in [2.24, 2.45) is 0 Å². The molecule has 1 aromatic rings. The molecule has 0 saturated carbocycles. The van der Waals surface area contributed by atoms with Crippen molar-refractivity contribution in [3.05, 3.63) is 29.8 Å². The van der Waals surface area contributed by atoms with Crippen LogP contribution >= 0.6 is 23.5 Å². The van der Waals surface area contributed by atoms with E-state index in [-0.39, 0.29) is 98.8 Å². The van der Waals surface area contributed by atoms with E-state index < -0.39 is 22.7 Å². The molecule has 0 bridgehead atoms. The Labute approximate surface area is 595 Å². The van der Waals surface area contributed by atoms with Crippen LogP contribution in [0.5, 0.6) is 5.75 Å². The number of imide groups is 2. The van der Waals surface area contributed by atoms with Crippen molar-refractivity contribution < 1.29 is 100.0 Å². The standard InChI is InChI=1S/C69H117N7O21S2/c1-72(2)30-19-31-73(3)69(85)97-56-24-22-55(23-25-56)59(96-54-77)20-16-21-64(80)74(32-12-8-10-14-46-98-60-48-65(81)75(67(60)83)34-26-62(78)70-28-17-36-90-50-57(94-44-40-88-6)52-92-42-38-86-4)33-13-9-11-15-47-99-61-49-66(82)76(68(61)84)35-27-63(79)71-29-18-37-91-51-58(95-45-41-89-7)53-93-43-39-87-5/h22-25,54,57-61H,8-21,26-53H2,1-7H3,(H,70,78)(H,71,79). The molecule has 2 N–H and O–H groups in total. The number of likely N-dealkylation sites (tertiary alicyclic amines) is 2. The third-order valence-electron chi connectivity index (χ3n) is 16.0. The molecule has 30 heteroatoms. The van der Waals surface area contributed by atoms with E-state index in [9.17, 15) is 43.2 Å². The topological polar surface area (TPSA) is 305 Å². The van der Waals surface area contributed by atoms with Gasteiger partial charge in [0.25, 0.3) is 6.47 Å². The van der Waals surface area contributed by atoms with Gasteiger partial charge in [-0.1, -0.05) is 37.8 Å². The minimum Gasteiger partial charge on any atom is -0.460 e. The van der Waals surface area contributed by atoms with E-state index in [4.69, 9.17) is 56.8 Å². The maximum atomic E-state index is 14.0. The lowest BCUT2D eigenvalue weighted by Crippen LogP contribution is -2.36. The summed E-state index contributed by atoms with van der Waals surface area (Å²) in [5, 5.41) is 4.69. The number of ether oxygens (including phenoxy) is 12. The highest BCUT2D eigenvalue weighted by Crippen LogP contribution is 2.29. The van der Waals surface area contributed by atoms with Crippen molar-refractivity contribution in [2.45, 2.75) is 144 Å². The Bertz CT molecular complexity index is 2300. The first-order chi connectivity index (χ1) is 48.0. The molecule has 2 heterocycles. The Morgan fingerprint density at radius 1 is 0.535 bits per heavy atom. The zero-order valence-electron chi connectivity index (χ0n) is 60.1. The molecule has 5 atom stereocenters. The monoisotopic (exact) mass is 1440 g/mol. The first-order valence-electron chi connectivity index (χ1n) is 35.0. The van der Waals surface area contributed by atoms with Gasteiger partial charge in [0.05, 0.1) is 89.8 Å². The van der Waals surface area contributed by atoms with Gasteiger partial charge in [-0.3, -0.25) is 48.2 Å². The van der Waals surface area contributed by atoms with Gasteiger partial charge in [0.15, 0.2) is 0 Å². The van der Waals surface area contributed by atoms with E-state index in [0.717, 1.165) is 64.3 Å². The Balaban J connectivity index is 1.43. The van der Waals surface area contributed by atoms with Gasteiger partial charge in [-0.25, -0.2) is 4.79 Å². The molecular weight excluding hydrogens is 1330 g/mol. The van der Waals surface area contributed by atoms with Crippen LogP contribution in [-0.4, -0.2) is 307 Å². The lowest BCUT2D eigenvalue weighted by Gasteiger charge is -2.24.